The standard InChI is InChI=1S/C7H12O4/c1-4-7(2,3)11-6(10)5(8)9/h4H2,1-3H3,(H,8,9)/p-1. The highest BCUT2D eigenvalue weighted by molar-refractivity contribution is 6.27. The van der Waals surface area contributed by atoms with Gasteiger partial charge in [-0.1, -0.05) is 6.92 Å². The minimum Gasteiger partial charge on any atom is -0.539 e. The predicted molar refractivity (Wildman–Crippen MR) is 35.5 cm³/mol. The van der Waals surface area contributed by atoms with E-state index in [1.807, 2.05) is 0 Å². The average molecular weight is 159 g/mol. The first-order chi connectivity index (χ1) is 4.89. The number of rotatable bonds is 2. The van der Waals surface area contributed by atoms with Gasteiger partial charge in [0.05, 0.1) is 0 Å². The fourth-order valence-corrected chi connectivity index (χ4v) is 0.365. The van der Waals surface area contributed by atoms with Crippen LogP contribution in [0.5, 0.6) is 0 Å². The molecule has 0 aliphatic carbocycles. The maximum atomic E-state index is 10.4. The summed E-state index contributed by atoms with van der Waals surface area (Å²) >= 11 is 0. The normalized spacial score (nSPS) is 10.8. The Morgan fingerprint density at radius 1 is 1.45 bits per heavy atom. The van der Waals surface area contributed by atoms with Crippen LogP contribution in [-0.4, -0.2) is 17.5 Å². The molecule has 4 heteroatoms. The summed E-state index contributed by atoms with van der Waals surface area (Å²) in [5.74, 6) is -3.11. The highest BCUT2D eigenvalue weighted by Gasteiger charge is 2.20. The lowest BCUT2D eigenvalue weighted by molar-refractivity contribution is -0.305. The van der Waals surface area contributed by atoms with Gasteiger partial charge >= 0.3 is 5.97 Å². The number of esters is 1. The summed E-state index contributed by atoms with van der Waals surface area (Å²) in [6.07, 6.45) is 0.562. The van der Waals surface area contributed by atoms with Crippen LogP contribution in [-0.2, 0) is 14.3 Å². The van der Waals surface area contributed by atoms with Crippen LogP contribution in [0.4, 0.5) is 0 Å². The second kappa shape index (κ2) is 3.37. The number of carbonyl (C=O) groups excluding carboxylic acids is 2. The van der Waals surface area contributed by atoms with Crippen molar-refractivity contribution in [3.05, 3.63) is 0 Å². The minimum absolute atomic E-state index is 0.562. The molecular formula is C7H11O4-. The van der Waals surface area contributed by atoms with Crippen molar-refractivity contribution in [2.45, 2.75) is 32.8 Å². The fourth-order valence-electron chi connectivity index (χ4n) is 0.365. The molecule has 0 aliphatic heterocycles. The Balaban J connectivity index is 4.04. The van der Waals surface area contributed by atoms with Crippen molar-refractivity contribution >= 4 is 11.9 Å². The maximum absolute atomic E-state index is 10.4. The molecule has 0 atom stereocenters. The van der Waals surface area contributed by atoms with Gasteiger partial charge in [0, 0.05) is 0 Å². The smallest absolute Gasteiger partial charge is 0.354 e. The van der Waals surface area contributed by atoms with E-state index in [0.717, 1.165) is 0 Å². The lowest BCUT2D eigenvalue weighted by Crippen LogP contribution is -2.38. The van der Waals surface area contributed by atoms with Crippen molar-refractivity contribution in [3.63, 3.8) is 0 Å². The number of hydrogen-bond acceptors (Lipinski definition) is 4. The van der Waals surface area contributed by atoms with E-state index in [4.69, 9.17) is 0 Å². The van der Waals surface area contributed by atoms with Gasteiger partial charge in [-0.2, -0.15) is 0 Å². The minimum atomic E-state index is -1.80. The monoisotopic (exact) mass is 159 g/mol. The second-order valence-corrected chi connectivity index (χ2v) is 2.79. The number of ether oxygens (including phenoxy) is 1. The first-order valence-electron chi connectivity index (χ1n) is 3.33. The predicted octanol–water partition coefficient (Wildman–Crippen LogP) is -0.532. The van der Waals surface area contributed by atoms with Gasteiger partial charge in [-0.15, -0.1) is 0 Å². The molecule has 0 saturated heterocycles. The molecule has 0 aromatic heterocycles. The number of carboxylic acids is 1. The molecule has 4 nitrogen and oxygen atoms in total. The highest BCUT2D eigenvalue weighted by Crippen LogP contribution is 2.12. The van der Waals surface area contributed by atoms with E-state index in [2.05, 4.69) is 4.74 Å². The summed E-state index contributed by atoms with van der Waals surface area (Å²) in [4.78, 5) is 20.3. The lowest BCUT2D eigenvalue weighted by atomic mass is 10.1. The van der Waals surface area contributed by atoms with Gasteiger partial charge in [0.25, 0.3) is 0 Å². The van der Waals surface area contributed by atoms with Crippen LogP contribution < -0.4 is 5.11 Å². The van der Waals surface area contributed by atoms with E-state index in [0.29, 0.717) is 6.42 Å². The van der Waals surface area contributed by atoms with Crippen LogP contribution in [0.1, 0.15) is 27.2 Å². The number of hydrogen-bond donors (Lipinski definition) is 0. The van der Waals surface area contributed by atoms with Gasteiger partial charge in [0.2, 0.25) is 0 Å². The third kappa shape index (κ3) is 3.60. The third-order valence-electron chi connectivity index (χ3n) is 1.39. The molecule has 0 spiro atoms. The number of aliphatic carboxylic acids is 1. The Bertz CT molecular complexity index is 171. The quantitative estimate of drug-likeness (QED) is 0.401. The van der Waals surface area contributed by atoms with Crippen molar-refractivity contribution in [1.29, 1.82) is 0 Å². The molecule has 0 aromatic carbocycles. The molecule has 0 aliphatic rings. The summed E-state index contributed by atoms with van der Waals surface area (Å²) in [5.41, 5.74) is -0.725. The molecule has 0 fully saturated rings. The largest absolute Gasteiger partial charge is 0.539 e. The van der Waals surface area contributed by atoms with Crippen LogP contribution in [0.15, 0.2) is 0 Å². The Morgan fingerprint density at radius 3 is 2.18 bits per heavy atom. The zero-order chi connectivity index (χ0) is 9.07. The molecule has 11 heavy (non-hydrogen) atoms. The summed E-state index contributed by atoms with van der Waals surface area (Å²) < 4.78 is 4.55. The number of carbonyl (C=O) groups is 2. The van der Waals surface area contributed by atoms with E-state index >= 15 is 0 Å². The molecule has 0 rings (SSSR count). The van der Waals surface area contributed by atoms with E-state index < -0.39 is 17.5 Å². The first-order valence-corrected chi connectivity index (χ1v) is 3.33. The van der Waals surface area contributed by atoms with Crippen LogP contribution in [0, 0.1) is 0 Å². The van der Waals surface area contributed by atoms with E-state index in [9.17, 15) is 14.7 Å². The van der Waals surface area contributed by atoms with Crippen molar-refractivity contribution in [3.8, 4) is 0 Å². The second-order valence-electron chi connectivity index (χ2n) is 2.79. The van der Waals surface area contributed by atoms with Crippen LogP contribution in [0.2, 0.25) is 0 Å². The SMILES string of the molecule is CCC(C)(C)OC(=O)C(=O)[O-]. The van der Waals surface area contributed by atoms with Crippen molar-refractivity contribution in [2.24, 2.45) is 0 Å². The van der Waals surface area contributed by atoms with E-state index in [1.54, 1.807) is 20.8 Å². The van der Waals surface area contributed by atoms with Crippen molar-refractivity contribution in [2.75, 3.05) is 0 Å². The number of carboxylic acid groups (broad SMARTS) is 1. The summed E-state index contributed by atoms with van der Waals surface area (Å²) in [5, 5.41) is 9.91. The zero-order valence-corrected chi connectivity index (χ0v) is 6.84. The molecule has 0 amide bonds. The molecular weight excluding hydrogens is 148 g/mol. The maximum Gasteiger partial charge on any atom is 0.354 e. The van der Waals surface area contributed by atoms with Gasteiger partial charge in [-0.3, -0.25) is 0 Å². The van der Waals surface area contributed by atoms with Crippen LogP contribution >= 0.6 is 0 Å². The Morgan fingerprint density at radius 2 is 1.91 bits per heavy atom. The highest BCUT2D eigenvalue weighted by atomic mass is 16.6. The molecule has 0 aromatic rings. The van der Waals surface area contributed by atoms with Gasteiger partial charge in [-0.25, -0.2) is 4.79 Å². The molecule has 0 saturated carbocycles. The van der Waals surface area contributed by atoms with Crippen LogP contribution in [0.3, 0.4) is 0 Å². The molecule has 0 N–H and O–H groups in total. The van der Waals surface area contributed by atoms with Crippen molar-refractivity contribution < 1.29 is 19.4 Å². The third-order valence-corrected chi connectivity index (χ3v) is 1.39. The van der Waals surface area contributed by atoms with Gasteiger partial charge in [0.15, 0.2) is 5.97 Å². The summed E-state index contributed by atoms with van der Waals surface area (Å²) in [7, 11) is 0. The summed E-state index contributed by atoms with van der Waals surface area (Å²) in [6, 6.07) is 0. The molecule has 0 radical (unpaired) electrons. The fraction of sp³-hybridized carbons (Fsp3) is 0.714. The topological polar surface area (TPSA) is 66.4 Å². The van der Waals surface area contributed by atoms with Crippen molar-refractivity contribution in [1.82, 2.24) is 0 Å². The molecule has 0 unspecified atom stereocenters. The van der Waals surface area contributed by atoms with E-state index in [1.165, 1.54) is 0 Å². The first kappa shape index (κ1) is 9.94. The molecule has 64 valence electrons. The molecule has 0 bridgehead atoms. The summed E-state index contributed by atoms with van der Waals surface area (Å²) in [6.45, 7) is 5.06. The van der Waals surface area contributed by atoms with Crippen LogP contribution in [0.25, 0.3) is 0 Å². The molecule has 0 heterocycles. The Kier molecular flexibility index (Phi) is 3.04. The van der Waals surface area contributed by atoms with Gasteiger partial charge < -0.3 is 14.6 Å². The lowest BCUT2D eigenvalue weighted by Gasteiger charge is -2.23. The van der Waals surface area contributed by atoms with Gasteiger partial charge in [-0.05, 0) is 20.3 Å². The average Bonchev–Trinajstić information content (AvgIpc) is 1.87. The Hall–Kier alpha value is -1.06. The Labute approximate surface area is 65.2 Å². The van der Waals surface area contributed by atoms with Gasteiger partial charge in [0.1, 0.15) is 5.60 Å². The zero-order valence-electron chi connectivity index (χ0n) is 6.84. The van der Waals surface area contributed by atoms with E-state index in [-0.39, 0.29) is 0 Å².